The molecule has 0 aliphatic heterocycles. The molecule has 1 aromatic carbocycles. The Balaban J connectivity index is 2.05. The zero-order chi connectivity index (χ0) is 12.5. The highest BCUT2D eigenvalue weighted by molar-refractivity contribution is 7.93. The van der Waals surface area contributed by atoms with Gasteiger partial charge in [-0.1, -0.05) is 24.4 Å². The lowest BCUT2D eigenvalue weighted by Crippen LogP contribution is -2.17. The van der Waals surface area contributed by atoms with E-state index in [0.29, 0.717) is 17.1 Å². The molecule has 0 spiro atoms. The van der Waals surface area contributed by atoms with E-state index in [0.717, 1.165) is 18.4 Å². The van der Waals surface area contributed by atoms with Crippen LogP contribution in [-0.2, 0) is 16.4 Å². The van der Waals surface area contributed by atoms with Crippen LogP contribution in [0.15, 0.2) is 24.3 Å². The summed E-state index contributed by atoms with van der Waals surface area (Å²) in [5.41, 5.74) is 7.00. The molecule has 0 unspecified atom stereocenters. The molecule has 17 heavy (non-hydrogen) atoms. The highest BCUT2D eigenvalue weighted by atomic mass is 32.2. The molecule has 1 saturated carbocycles. The number of hydrogen-bond acceptors (Lipinski definition) is 3. The molecule has 4 nitrogen and oxygen atoms in total. The van der Waals surface area contributed by atoms with Crippen LogP contribution in [0.1, 0.15) is 18.4 Å². The molecule has 92 valence electrons. The zero-order valence-corrected chi connectivity index (χ0v) is 10.9. The second-order valence-corrected chi connectivity index (χ2v) is 6.67. The molecule has 0 heterocycles. The Bertz CT molecular complexity index is 519. The molecule has 0 amide bonds. The van der Waals surface area contributed by atoms with E-state index in [4.69, 9.17) is 18.0 Å². The molecule has 2 rings (SSSR count). The molecule has 1 aromatic rings. The SMILES string of the molecule is NC(=S)Cc1ccc(NS(=O)(=O)C2CC2)cc1. The quantitative estimate of drug-likeness (QED) is 0.794. The lowest BCUT2D eigenvalue weighted by molar-refractivity contribution is 0.600. The van der Waals surface area contributed by atoms with Crippen molar-refractivity contribution in [2.75, 3.05) is 4.72 Å². The maximum absolute atomic E-state index is 11.7. The average Bonchev–Trinajstić information content (AvgIpc) is 3.03. The summed E-state index contributed by atoms with van der Waals surface area (Å²) < 4.78 is 25.9. The third-order valence-electron chi connectivity index (χ3n) is 2.56. The Morgan fingerprint density at radius 2 is 1.94 bits per heavy atom. The van der Waals surface area contributed by atoms with E-state index < -0.39 is 10.0 Å². The van der Waals surface area contributed by atoms with Crippen molar-refractivity contribution in [2.45, 2.75) is 24.5 Å². The lowest BCUT2D eigenvalue weighted by atomic mass is 10.1. The Morgan fingerprint density at radius 3 is 2.41 bits per heavy atom. The number of nitrogens with one attached hydrogen (secondary N) is 1. The number of nitrogens with two attached hydrogens (primary N) is 1. The molecular formula is C11H14N2O2S2. The summed E-state index contributed by atoms with van der Waals surface area (Å²) in [6, 6.07) is 7.11. The van der Waals surface area contributed by atoms with Gasteiger partial charge in [0, 0.05) is 12.1 Å². The molecule has 0 radical (unpaired) electrons. The first kappa shape index (κ1) is 12.3. The minimum atomic E-state index is -3.18. The Morgan fingerprint density at radius 1 is 1.35 bits per heavy atom. The number of benzene rings is 1. The van der Waals surface area contributed by atoms with Gasteiger partial charge < -0.3 is 5.73 Å². The van der Waals surface area contributed by atoms with Gasteiger partial charge in [-0.25, -0.2) is 8.42 Å². The van der Waals surface area contributed by atoms with Crippen molar-refractivity contribution in [2.24, 2.45) is 5.73 Å². The van der Waals surface area contributed by atoms with Crippen LogP contribution in [0.25, 0.3) is 0 Å². The Labute approximate surface area is 106 Å². The molecule has 0 saturated heterocycles. The summed E-state index contributed by atoms with van der Waals surface area (Å²) in [5, 5.41) is -0.209. The van der Waals surface area contributed by atoms with Gasteiger partial charge in [0.25, 0.3) is 0 Å². The van der Waals surface area contributed by atoms with E-state index >= 15 is 0 Å². The van der Waals surface area contributed by atoms with Crippen molar-refractivity contribution in [1.29, 1.82) is 0 Å². The van der Waals surface area contributed by atoms with Crippen LogP contribution in [0, 0.1) is 0 Å². The molecule has 0 bridgehead atoms. The van der Waals surface area contributed by atoms with Crippen LogP contribution in [0.4, 0.5) is 5.69 Å². The van der Waals surface area contributed by atoms with Gasteiger partial charge in [-0.2, -0.15) is 0 Å². The summed E-state index contributed by atoms with van der Waals surface area (Å²) in [4.78, 5) is 0.427. The van der Waals surface area contributed by atoms with E-state index in [1.165, 1.54) is 0 Å². The first-order chi connectivity index (χ1) is 7.97. The van der Waals surface area contributed by atoms with E-state index in [1.54, 1.807) is 12.1 Å². The molecular weight excluding hydrogens is 256 g/mol. The predicted octanol–water partition coefficient (Wildman–Crippen LogP) is 1.42. The van der Waals surface area contributed by atoms with Crippen LogP contribution >= 0.6 is 12.2 Å². The summed E-state index contributed by atoms with van der Waals surface area (Å²) >= 11 is 4.81. The van der Waals surface area contributed by atoms with E-state index in [2.05, 4.69) is 4.72 Å². The van der Waals surface area contributed by atoms with Gasteiger partial charge in [-0.05, 0) is 30.5 Å². The fourth-order valence-corrected chi connectivity index (χ4v) is 3.07. The topological polar surface area (TPSA) is 72.2 Å². The Hall–Kier alpha value is -1.14. The van der Waals surface area contributed by atoms with E-state index in [9.17, 15) is 8.42 Å². The number of thiocarbonyl (C=S) groups is 1. The molecule has 0 aromatic heterocycles. The van der Waals surface area contributed by atoms with Gasteiger partial charge in [-0.15, -0.1) is 0 Å². The molecule has 1 aliphatic carbocycles. The highest BCUT2D eigenvalue weighted by Crippen LogP contribution is 2.29. The smallest absolute Gasteiger partial charge is 0.235 e. The van der Waals surface area contributed by atoms with Crippen molar-refractivity contribution < 1.29 is 8.42 Å². The van der Waals surface area contributed by atoms with Crippen molar-refractivity contribution >= 4 is 32.9 Å². The fraction of sp³-hybridized carbons (Fsp3) is 0.364. The van der Waals surface area contributed by atoms with Crippen molar-refractivity contribution in [3.05, 3.63) is 29.8 Å². The molecule has 3 N–H and O–H groups in total. The maximum Gasteiger partial charge on any atom is 0.235 e. The third kappa shape index (κ3) is 3.41. The standard InChI is InChI=1S/C11H14N2O2S2/c12-11(16)7-8-1-3-9(4-2-8)13-17(14,15)10-5-6-10/h1-4,10,13H,5-7H2,(H2,12,16). The Kier molecular flexibility index (Phi) is 3.35. The van der Waals surface area contributed by atoms with Gasteiger partial charge in [-0.3, -0.25) is 4.72 Å². The predicted molar refractivity (Wildman–Crippen MR) is 72.5 cm³/mol. The second kappa shape index (κ2) is 4.62. The van der Waals surface area contributed by atoms with Crippen LogP contribution in [0.3, 0.4) is 0 Å². The molecule has 1 fully saturated rings. The zero-order valence-electron chi connectivity index (χ0n) is 9.22. The summed E-state index contributed by atoms with van der Waals surface area (Å²) in [7, 11) is -3.18. The van der Waals surface area contributed by atoms with Crippen molar-refractivity contribution in [1.82, 2.24) is 0 Å². The minimum Gasteiger partial charge on any atom is -0.393 e. The second-order valence-electron chi connectivity index (χ2n) is 4.19. The van der Waals surface area contributed by atoms with Crippen LogP contribution < -0.4 is 10.5 Å². The average molecular weight is 270 g/mol. The van der Waals surface area contributed by atoms with Gasteiger partial charge in [0.1, 0.15) is 0 Å². The number of rotatable bonds is 5. The van der Waals surface area contributed by atoms with Gasteiger partial charge in [0.15, 0.2) is 0 Å². The summed E-state index contributed by atoms with van der Waals surface area (Å²) in [5.74, 6) is 0. The van der Waals surface area contributed by atoms with E-state index in [1.807, 2.05) is 12.1 Å². The van der Waals surface area contributed by atoms with Crippen molar-refractivity contribution in [3.63, 3.8) is 0 Å². The minimum absolute atomic E-state index is 0.209. The highest BCUT2D eigenvalue weighted by Gasteiger charge is 2.35. The van der Waals surface area contributed by atoms with Crippen molar-refractivity contribution in [3.8, 4) is 0 Å². The summed E-state index contributed by atoms with van der Waals surface area (Å²) in [6.07, 6.45) is 2.05. The van der Waals surface area contributed by atoms with Gasteiger partial charge >= 0.3 is 0 Å². The van der Waals surface area contributed by atoms with Gasteiger partial charge in [0.2, 0.25) is 10.0 Å². The molecule has 0 atom stereocenters. The van der Waals surface area contributed by atoms with Crippen LogP contribution in [0.5, 0.6) is 0 Å². The monoisotopic (exact) mass is 270 g/mol. The van der Waals surface area contributed by atoms with Gasteiger partial charge in [0.05, 0.1) is 10.2 Å². The van der Waals surface area contributed by atoms with Crippen LogP contribution in [-0.4, -0.2) is 18.7 Å². The van der Waals surface area contributed by atoms with E-state index in [-0.39, 0.29) is 5.25 Å². The third-order valence-corrected chi connectivity index (χ3v) is 4.57. The number of hydrogen-bond donors (Lipinski definition) is 2. The molecule has 6 heteroatoms. The van der Waals surface area contributed by atoms with Crippen LogP contribution in [0.2, 0.25) is 0 Å². The normalized spacial score (nSPS) is 15.5. The summed E-state index contributed by atoms with van der Waals surface area (Å²) in [6.45, 7) is 0. The number of anilines is 1. The first-order valence-electron chi connectivity index (χ1n) is 5.36. The maximum atomic E-state index is 11.7. The first-order valence-corrected chi connectivity index (χ1v) is 7.32. The largest absolute Gasteiger partial charge is 0.393 e. The lowest BCUT2D eigenvalue weighted by Gasteiger charge is -2.07. The number of sulfonamides is 1. The fourth-order valence-electron chi connectivity index (χ4n) is 1.52. The molecule has 1 aliphatic rings.